The van der Waals surface area contributed by atoms with Gasteiger partial charge in [-0.15, -0.1) is 0 Å². The second kappa shape index (κ2) is 4.23. The van der Waals surface area contributed by atoms with Gasteiger partial charge in [-0.25, -0.2) is 4.79 Å². The highest BCUT2D eigenvalue weighted by atomic mass is 16.5. The molecule has 0 aromatic heterocycles. The topological polar surface area (TPSA) is 55.8 Å². The number of methoxy groups -OCH3 is 2. The number of carboxylic acid groups (broad SMARTS) is 1. The maximum atomic E-state index is 10.5. The number of hydrogen-bond acceptors (Lipinski definition) is 3. The van der Waals surface area contributed by atoms with Crippen molar-refractivity contribution in [1.29, 1.82) is 0 Å². The highest BCUT2D eigenvalue weighted by molar-refractivity contribution is 5.88. The molecule has 0 saturated carbocycles. The van der Waals surface area contributed by atoms with Crippen LogP contribution in [0.2, 0.25) is 0 Å². The molecular weight excluding hydrogens is 160 g/mol. The van der Waals surface area contributed by atoms with Gasteiger partial charge in [0.05, 0.1) is 12.2 Å². The molecule has 0 aliphatic carbocycles. The maximum Gasteiger partial charge on any atom is 0.333 e. The van der Waals surface area contributed by atoms with Crippen molar-refractivity contribution in [2.45, 2.75) is 12.5 Å². The Bertz CT molecular complexity index is 187. The molecule has 0 bridgehead atoms. The minimum Gasteiger partial charge on any atom is -0.478 e. The number of carbonyl (C=O) groups is 1. The summed E-state index contributed by atoms with van der Waals surface area (Å²) in [4.78, 5) is 10.5. The fourth-order valence-corrected chi connectivity index (χ4v) is 0.771. The molecule has 0 aromatic carbocycles. The molecule has 0 fully saturated rings. The molecule has 0 aliphatic heterocycles. The van der Waals surface area contributed by atoms with E-state index in [2.05, 4.69) is 6.58 Å². The molecule has 0 spiro atoms. The van der Waals surface area contributed by atoms with Crippen LogP contribution in [0.3, 0.4) is 0 Å². The molecule has 4 nitrogen and oxygen atoms in total. The lowest BCUT2D eigenvalue weighted by molar-refractivity contribution is -0.136. The summed E-state index contributed by atoms with van der Waals surface area (Å²) in [6.45, 7) is 5.20. The fourth-order valence-electron chi connectivity index (χ4n) is 0.771. The third-order valence-corrected chi connectivity index (χ3v) is 1.77. The van der Waals surface area contributed by atoms with E-state index in [1.807, 2.05) is 0 Å². The molecule has 0 aliphatic rings. The molecule has 1 atom stereocenters. The van der Waals surface area contributed by atoms with Crippen molar-refractivity contribution >= 4 is 5.97 Å². The molecule has 0 heterocycles. The van der Waals surface area contributed by atoms with Crippen LogP contribution in [-0.4, -0.2) is 37.5 Å². The number of aliphatic carboxylic acids is 1. The van der Waals surface area contributed by atoms with Gasteiger partial charge in [0, 0.05) is 14.2 Å². The van der Waals surface area contributed by atoms with Crippen LogP contribution in [0.4, 0.5) is 0 Å². The average molecular weight is 174 g/mol. The van der Waals surface area contributed by atoms with Crippen molar-refractivity contribution in [2.75, 3.05) is 20.8 Å². The molecule has 4 heteroatoms. The first kappa shape index (κ1) is 11.1. The molecule has 0 rings (SSSR count). The second-order valence-electron chi connectivity index (χ2n) is 2.65. The van der Waals surface area contributed by atoms with Gasteiger partial charge < -0.3 is 14.6 Å². The first-order valence-corrected chi connectivity index (χ1v) is 3.44. The van der Waals surface area contributed by atoms with Gasteiger partial charge in [-0.3, -0.25) is 0 Å². The van der Waals surface area contributed by atoms with Crippen LogP contribution in [0.15, 0.2) is 12.2 Å². The smallest absolute Gasteiger partial charge is 0.333 e. The number of ether oxygens (including phenoxy) is 2. The number of carboxylic acids is 1. The second-order valence-corrected chi connectivity index (χ2v) is 2.65. The predicted molar refractivity (Wildman–Crippen MR) is 44.1 cm³/mol. The van der Waals surface area contributed by atoms with Gasteiger partial charge in [0.1, 0.15) is 5.60 Å². The summed E-state index contributed by atoms with van der Waals surface area (Å²) >= 11 is 0. The lowest BCUT2D eigenvalue weighted by atomic mass is 9.98. The maximum absolute atomic E-state index is 10.5. The first-order chi connectivity index (χ1) is 5.48. The Balaban J connectivity index is 4.51. The van der Waals surface area contributed by atoms with Crippen LogP contribution in [0.5, 0.6) is 0 Å². The zero-order valence-corrected chi connectivity index (χ0v) is 7.59. The van der Waals surface area contributed by atoms with Gasteiger partial charge >= 0.3 is 5.97 Å². The molecule has 1 N–H and O–H groups in total. The van der Waals surface area contributed by atoms with Crippen LogP contribution in [0.25, 0.3) is 0 Å². The summed E-state index contributed by atoms with van der Waals surface area (Å²) in [5, 5.41) is 8.64. The minimum absolute atomic E-state index is 0.00755. The Morgan fingerprint density at radius 1 is 1.58 bits per heavy atom. The highest BCUT2D eigenvalue weighted by Crippen LogP contribution is 2.19. The molecule has 1 unspecified atom stereocenters. The van der Waals surface area contributed by atoms with Crippen molar-refractivity contribution in [1.82, 2.24) is 0 Å². The van der Waals surface area contributed by atoms with Crippen molar-refractivity contribution in [3.8, 4) is 0 Å². The summed E-state index contributed by atoms with van der Waals surface area (Å²) in [5.74, 6) is -1.07. The number of hydrogen-bond donors (Lipinski definition) is 1. The first-order valence-electron chi connectivity index (χ1n) is 3.44. The van der Waals surface area contributed by atoms with Gasteiger partial charge in [-0.1, -0.05) is 6.58 Å². The van der Waals surface area contributed by atoms with Crippen LogP contribution < -0.4 is 0 Å². The predicted octanol–water partition coefficient (Wildman–Crippen LogP) is 0.679. The third kappa shape index (κ3) is 2.32. The van der Waals surface area contributed by atoms with E-state index >= 15 is 0 Å². The zero-order valence-electron chi connectivity index (χ0n) is 7.59. The third-order valence-electron chi connectivity index (χ3n) is 1.77. The van der Waals surface area contributed by atoms with Crippen LogP contribution >= 0.6 is 0 Å². The van der Waals surface area contributed by atoms with E-state index in [1.54, 1.807) is 6.92 Å². The van der Waals surface area contributed by atoms with Gasteiger partial charge in [0.15, 0.2) is 0 Å². The normalized spacial score (nSPS) is 15.2. The van der Waals surface area contributed by atoms with Crippen molar-refractivity contribution in [3.63, 3.8) is 0 Å². The van der Waals surface area contributed by atoms with Crippen LogP contribution in [-0.2, 0) is 14.3 Å². The molecule has 0 saturated heterocycles. The SMILES string of the molecule is C=C(C(=O)O)C(C)(COC)OC. The number of rotatable bonds is 5. The van der Waals surface area contributed by atoms with Crippen LogP contribution in [0, 0.1) is 0 Å². The molecule has 0 radical (unpaired) electrons. The van der Waals surface area contributed by atoms with E-state index in [0.29, 0.717) is 0 Å². The van der Waals surface area contributed by atoms with Gasteiger partial charge in [-0.05, 0) is 6.92 Å². The lowest BCUT2D eigenvalue weighted by Gasteiger charge is -2.26. The van der Waals surface area contributed by atoms with Gasteiger partial charge in [0.2, 0.25) is 0 Å². The Hall–Kier alpha value is -0.870. The lowest BCUT2D eigenvalue weighted by Crippen LogP contribution is -2.37. The molecule has 12 heavy (non-hydrogen) atoms. The summed E-state index contributed by atoms with van der Waals surface area (Å²) in [7, 11) is 2.90. The highest BCUT2D eigenvalue weighted by Gasteiger charge is 2.31. The molecule has 0 aromatic rings. The minimum atomic E-state index is -1.07. The van der Waals surface area contributed by atoms with E-state index in [-0.39, 0.29) is 12.2 Å². The summed E-state index contributed by atoms with van der Waals surface area (Å²) in [5.41, 5.74) is -0.951. The fraction of sp³-hybridized carbons (Fsp3) is 0.625. The Morgan fingerprint density at radius 2 is 2.08 bits per heavy atom. The zero-order chi connectivity index (χ0) is 9.78. The summed E-state index contributed by atoms with van der Waals surface area (Å²) in [6, 6.07) is 0. The summed E-state index contributed by atoms with van der Waals surface area (Å²) < 4.78 is 9.82. The van der Waals surface area contributed by atoms with Crippen LogP contribution in [0.1, 0.15) is 6.92 Å². The molecule has 0 amide bonds. The van der Waals surface area contributed by atoms with E-state index in [0.717, 1.165) is 0 Å². The summed E-state index contributed by atoms with van der Waals surface area (Å²) in [6.07, 6.45) is 0. The monoisotopic (exact) mass is 174 g/mol. The van der Waals surface area contributed by atoms with E-state index in [1.165, 1.54) is 14.2 Å². The van der Waals surface area contributed by atoms with Crippen molar-refractivity contribution in [3.05, 3.63) is 12.2 Å². The van der Waals surface area contributed by atoms with E-state index in [4.69, 9.17) is 14.6 Å². The molecule has 70 valence electrons. The van der Waals surface area contributed by atoms with Crippen molar-refractivity contribution in [2.24, 2.45) is 0 Å². The van der Waals surface area contributed by atoms with E-state index < -0.39 is 11.6 Å². The molecular formula is C8H14O4. The van der Waals surface area contributed by atoms with Gasteiger partial charge in [0.25, 0.3) is 0 Å². The Kier molecular flexibility index (Phi) is 3.92. The Morgan fingerprint density at radius 3 is 2.33 bits per heavy atom. The van der Waals surface area contributed by atoms with E-state index in [9.17, 15) is 4.79 Å². The van der Waals surface area contributed by atoms with Gasteiger partial charge in [-0.2, -0.15) is 0 Å². The average Bonchev–Trinajstić information content (AvgIpc) is 2.03. The van der Waals surface area contributed by atoms with Crippen molar-refractivity contribution < 1.29 is 19.4 Å². The Labute approximate surface area is 71.8 Å². The standard InChI is InChI=1S/C8H14O4/c1-6(7(9)10)8(2,12-4)5-11-3/h1,5H2,2-4H3,(H,9,10). The largest absolute Gasteiger partial charge is 0.478 e. The quantitative estimate of drug-likeness (QED) is 0.623.